The summed E-state index contributed by atoms with van der Waals surface area (Å²) in [6.45, 7) is 2.36. The zero-order valence-corrected chi connectivity index (χ0v) is 9.95. The second-order valence-corrected chi connectivity index (χ2v) is 3.93. The van der Waals surface area contributed by atoms with Crippen LogP contribution in [0.5, 0.6) is 0 Å². The molecule has 1 N–H and O–H groups in total. The zero-order chi connectivity index (χ0) is 13.0. The van der Waals surface area contributed by atoms with E-state index in [4.69, 9.17) is 0 Å². The second-order valence-electron chi connectivity index (χ2n) is 3.93. The molecule has 1 aromatic heterocycles. The molecule has 0 aliphatic heterocycles. The molecule has 1 heterocycles. The largest absolute Gasteiger partial charge is 0.354 e. The third-order valence-electron chi connectivity index (χ3n) is 2.49. The van der Waals surface area contributed by atoms with E-state index in [1.165, 1.54) is 12.1 Å². The Balaban J connectivity index is 1.92. The molecule has 0 bridgehead atoms. The molecule has 0 saturated heterocycles. The molecule has 5 heteroatoms. The Labute approximate surface area is 104 Å². The van der Waals surface area contributed by atoms with Crippen LogP contribution >= 0.6 is 0 Å². The Bertz CT molecular complexity index is 544. The van der Waals surface area contributed by atoms with Gasteiger partial charge in [-0.15, -0.1) is 0 Å². The molecular formula is C13H13F2N3. The number of halogens is 2. The molecule has 0 fully saturated rings. The van der Waals surface area contributed by atoms with Crippen molar-refractivity contribution in [2.24, 2.45) is 0 Å². The Morgan fingerprint density at radius 3 is 2.78 bits per heavy atom. The predicted octanol–water partition coefficient (Wildman–Crippen LogP) is 2.72. The van der Waals surface area contributed by atoms with E-state index in [9.17, 15) is 8.78 Å². The summed E-state index contributed by atoms with van der Waals surface area (Å²) in [4.78, 5) is 8.20. The fraction of sp³-hybridized carbons (Fsp3) is 0.231. The van der Waals surface area contributed by atoms with Crippen LogP contribution in [0.25, 0.3) is 0 Å². The molecule has 2 aromatic rings. The van der Waals surface area contributed by atoms with Crippen LogP contribution in [0.2, 0.25) is 0 Å². The van der Waals surface area contributed by atoms with Gasteiger partial charge in [0.25, 0.3) is 0 Å². The third kappa shape index (κ3) is 3.23. The topological polar surface area (TPSA) is 37.8 Å². The first-order valence-electron chi connectivity index (χ1n) is 5.62. The lowest BCUT2D eigenvalue weighted by Crippen LogP contribution is -2.09. The van der Waals surface area contributed by atoms with Crippen LogP contribution in [-0.2, 0) is 6.42 Å². The third-order valence-corrected chi connectivity index (χ3v) is 2.49. The molecule has 1 aromatic carbocycles. The normalized spacial score (nSPS) is 10.4. The predicted molar refractivity (Wildman–Crippen MR) is 65.3 cm³/mol. The lowest BCUT2D eigenvalue weighted by atomic mass is 10.1. The van der Waals surface area contributed by atoms with Crippen molar-refractivity contribution in [2.45, 2.75) is 13.3 Å². The minimum absolute atomic E-state index is 0.448. The summed E-state index contributed by atoms with van der Waals surface area (Å²) >= 11 is 0. The van der Waals surface area contributed by atoms with Crippen LogP contribution in [0.4, 0.5) is 14.7 Å². The van der Waals surface area contributed by atoms with E-state index >= 15 is 0 Å². The molecule has 0 saturated carbocycles. The van der Waals surface area contributed by atoms with Crippen molar-refractivity contribution in [3.05, 3.63) is 53.4 Å². The standard InChI is InChI=1S/C13H13F2N3/c1-9-4-6-16-13(18-9)17-7-5-10-2-3-11(14)8-12(10)15/h2-4,6,8H,5,7H2,1H3,(H,16,17,18). The average molecular weight is 249 g/mol. The number of nitrogens with one attached hydrogen (secondary N) is 1. The maximum atomic E-state index is 13.3. The van der Waals surface area contributed by atoms with Crippen LogP contribution in [0.1, 0.15) is 11.3 Å². The minimum atomic E-state index is -0.564. The van der Waals surface area contributed by atoms with Crippen LogP contribution in [-0.4, -0.2) is 16.5 Å². The number of hydrogen-bond donors (Lipinski definition) is 1. The van der Waals surface area contributed by atoms with Gasteiger partial charge in [0, 0.05) is 24.5 Å². The molecular weight excluding hydrogens is 236 g/mol. The minimum Gasteiger partial charge on any atom is -0.354 e. The summed E-state index contributed by atoms with van der Waals surface area (Å²) in [5.41, 5.74) is 1.33. The highest BCUT2D eigenvalue weighted by Gasteiger charge is 2.03. The van der Waals surface area contributed by atoms with Crippen LogP contribution in [0, 0.1) is 18.6 Å². The summed E-state index contributed by atoms with van der Waals surface area (Å²) < 4.78 is 26.0. The Morgan fingerprint density at radius 1 is 1.22 bits per heavy atom. The van der Waals surface area contributed by atoms with Crippen molar-refractivity contribution >= 4 is 5.95 Å². The highest BCUT2D eigenvalue weighted by Crippen LogP contribution is 2.10. The molecule has 0 unspecified atom stereocenters. The van der Waals surface area contributed by atoms with E-state index in [1.807, 2.05) is 6.92 Å². The summed E-state index contributed by atoms with van der Waals surface area (Å²) in [7, 11) is 0. The van der Waals surface area contributed by atoms with Gasteiger partial charge in [-0.2, -0.15) is 0 Å². The maximum Gasteiger partial charge on any atom is 0.222 e. The van der Waals surface area contributed by atoms with Crippen LogP contribution in [0.3, 0.4) is 0 Å². The van der Waals surface area contributed by atoms with Gasteiger partial charge in [0.05, 0.1) is 0 Å². The summed E-state index contributed by atoms with van der Waals surface area (Å²) in [5, 5.41) is 2.99. The van der Waals surface area contributed by atoms with E-state index in [2.05, 4.69) is 15.3 Å². The maximum absolute atomic E-state index is 13.3. The molecule has 0 atom stereocenters. The van der Waals surface area contributed by atoms with Crippen LogP contribution in [0.15, 0.2) is 30.5 Å². The summed E-state index contributed by atoms with van der Waals surface area (Å²) in [6.07, 6.45) is 2.10. The number of hydrogen-bond acceptors (Lipinski definition) is 3. The van der Waals surface area contributed by atoms with Crippen molar-refractivity contribution in [3.63, 3.8) is 0 Å². The number of aryl methyl sites for hydroxylation is 1. The first kappa shape index (κ1) is 12.4. The van der Waals surface area contributed by atoms with Crippen molar-refractivity contribution in [2.75, 3.05) is 11.9 Å². The van der Waals surface area contributed by atoms with Gasteiger partial charge in [0.1, 0.15) is 11.6 Å². The number of anilines is 1. The van der Waals surface area contributed by atoms with Gasteiger partial charge in [0.2, 0.25) is 5.95 Å². The first-order chi connectivity index (χ1) is 8.65. The molecule has 0 radical (unpaired) electrons. The second kappa shape index (κ2) is 5.53. The number of nitrogens with zero attached hydrogens (tertiary/aromatic N) is 2. The average Bonchev–Trinajstić information content (AvgIpc) is 2.32. The highest BCUT2D eigenvalue weighted by atomic mass is 19.1. The van der Waals surface area contributed by atoms with Gasteiger partial charge < -0.3 is 5.32 Å². The first-order valence-corrected chi connectivity index (χ1v) is 5.62. The zero-order valence-electron chi connectivity index (χ0n) is 9.95. The quantitative estimate of drug-likeness (QED) is 0.905. The van der Waals surface area contributed by atoms with Crippen molar-refractivity contribution in [1.29, 1.82) is 0 Å². The van der Waals surface area contributed by atoms with Gasteiger partial charge in [0.15, 0.2) is 0 Å². The molecule has 0 aliphatic carbocycles. The van der Waals surface area contributed by atoms with Gasteiger partial charge in [-0.05, 0) is 31.0 Å². The Hall–Kier alpha value is -2.04. The molecule has 94 valence electrons. The fourth-order valence-electron chi connectivity index (χ4n) is 1.57. The van der Waals surface area contributed by atoms with E-state index in [0.717, 1.165) is 11.8 Å². The summed E-state index contributed by atoms with van der Waals surface area (Å²) in [6, 6.07) is 5.38. The molecule has 2 rings (SSSR count). The van der Waals surface area contributed by atoms with Gasteiger partial charge in [-0.25, -0.2) is 18.7 Å². The van der Waals surface area contributed by atoms with E-state index in [0.29, 0.717) is 24.5 Å². The smallest absolute Gasteiger partial charge is 0.222 e. The van der Waals surface area contributed by atoms with Crippen molar-refractivity contribution in [3.8, 4) is 0 Å². The van der Waals surface area contributed by atoms with E-state index < -0.39 is 11.6 Å². The van der Waals surface area contributed by atoms with Gasteiger partial charge in [-0.3, -0.25) is 0 Å². The van der Waals surface area contributed by atoms with E-state index in [-0.39, 0.29) is 0 Å². The van der Waals surface area contributed by atoms with Crippen molar-refractivity contribution in [1.82, 2.24) is 9.97 Å². The molecule has 0 aliphatic rings. The van der Waals surface area contributed by atoms with Crippen LogP contribution < -0.4 is 5.32 Å². The lowest BCUT2D eigenvalue weighted by Gasteiger charge is -2.06. The monoisotopic (exact) mass is 249 g/mol. The Morgan fingerprint density at radius 2 is 2.06 bits per heavy atom. The number of rotatable bonds is 4. The highest BCUT2D eigenvalue weighted by molar-refractivity contribution is 5.26. The molecule has 0 amide bonds. The molecule has 3 nitrogen and oxygen atoms in total. The lowest BCUT2D eigenvalue weighted by molar-refractivity contribution is 0.572. The SMILES string of the molecule is Cc1ccnc(NCCc2ccc(F)cc2F)n1. The van der Waals surface area contributed by atoms with Crippen molar-refractivity contribution < 1.29 is 8.78 Å². The molecule has 18 heavy (non-hydrogen) atoms. The number of benzene rings is 1. The van der Waals surface area contributed by atoms with Gasteiger partial charge in [-0.1, -0.05) is 6.07 Å². The number of aromatic nitrogens is 2. The molecule has 0 spiro atoms. The Kier molecular flexibility index (Phi) is 3.82. The van der Waals surface area contributed by atoms with E-state index in [1.54, 1.807) is 12.3 Å². The fourth-order valence-corrected chi connectivity index (χ4v) is 1.57. The summed E-state index contributed by atoms with van der Waals surface area (Å²) in [5.74, 6) is -0.578. The van der Waals surface area contributed by atoms with Gasteiger partial charge >= 0.3 is 0 Å².